The Balaban J connectivity index is 1.60. The Hall–Kier alpha value is -2.25. The van der Waals surface area contributed by atoms with E-state index in [0.717, 1.165) is 48.0 Å². The van der Waals surface area contributed by atoms with Gasteiger partial charge in [-0.1, -0.05) is 6.08 Å². The van der Waals surface area contributed by atoms with E-state index in [1.807, 2.05) is 46.5 Å². The van der Waals surface area contributed by atoms with Gasteiger partial charge in [0.25, 0.3) is 0 Å². The third-order valence-electron chi connectivity index (χ3n) is 4.76. The van der Waals surface area contributed by atoms with Crippen LogP contribution in [0.25, 0.3) is 0 Å². The molecular weight excluding hydrogens is 346 g/mol. The zero-order valence-corrected chi connectivity index (χ0v) is 16.2. The van der Waals surface area contributed by atoms with Gasteiger partial charge in [0, 0.05) is 44.0 Å². The summed E-state index contributed by atoms with van der Waals surface area (Å²) >= 11 is 5.53. The molecule has 0 unspecified atom stereocenters. The molecule has 138 valence electrons. The van der Waals surface area contributed by atoms with E-state index in [9.17, 15) is 4.79 Å². The van der Waals surface area contributed by atoms with E-state index in [1.54, 1.807) is 6.92 Å². The van der Waals surface area contributed by atoms with Crippen molar-refractivity contribution in [2.45, 2.75) is 27.1 Å². The minimum Gasteiger partial charge on any atom is -0.369 e. The number of anilines is 1. The lowest BCUT2D eigenvalue weighted by atomic mass is 10.1. The molecule has 0 saturated carbocycles. The number of aryl methyl sites for hydroxylation is 1. The summed E-state index contributed by atoms with van der Waals surface area (Å²) in [7, 11) is 0. The van der Waals surface area contributed by atoms with Crippen molar-refractivity contribution in [3.05, 3.63) is 53.1 Å². The number of Topliss-reactive ketones (excluding diaryl/α,β-unsaturated/α-hetero) is 1. The number of hydrogen-bond acceptors (Lipinski definition) is 5. The van der Waals surface area contributed by atoms with Crippen LogP contribution in [-0.4, -0.2) is 51.2 Å². The number of allylic oxidation sites excluding steroid dienone is 1. The summed E-state index contributed by atoms with van der Waals surface area (Å²) in [6.45, 7) is 12.5. The highest BCUT2D eigenvalue weighted by Crippen LogP contribution is 2.18. The number of carbonyl (C=O) groups is 1. The van der Waals surface area contributed by atoms with E-state index in [-0.39, 0.29) is 5.78 Å². The number of piperazine rings is 1. The first kappa shape index (κ1) is 18.5. The smallest absolute Gasteiger partial charge is 0.199 e. The predicted molar refractivity (Wildman–Crippen MR) is 106 cm³/mol. The molecule has 26 heavy (non-hydrogen) atoms. The molecule has 0 N–H and O–H groups in total. The Morgan fingerprint density at radius 1 is 1.23 bits per heavy atom. The molecule has 2 heterocycles. The largest absolute Gasteiger partial charge is 0.369 e. The minimum atomic E-state index is 0.101. The minimum absolute atomic E-state index is 0.101. The van der Waals surface area contributed by atoms with Crippen LogP contribution in [0.1, 0.15) is 23.1 Å². The van der Waals surface area contributed by atoms with Crippen molar-refractivity contribution in [2.24, 2.45) is 0 Å². The van der Waals surface area contributed by atoms with Gasteiger partial charge < -0.3 is 9.47 Å². The number of rotatable bonds is 6. The molecule has 6 nitrogen and oxygen atoms in total. The van der Waals surface area contributed by atoms with Crippen molar-refractivity contribution in [3.8, 4) is 0 Å². The van der Waals surface area contributed by atoms with Gasteiger partial charge in [0.05, 0.1) is 6.67 Å². The standard InChI is InChI=1S/C19H25N5OS/c1-4-9-23-16(3)20-24(19(23)26)14-21-10-12-22(13-11-21)18-7-5-17(6-8-18)15(2)25/h4-8H,1,9-14H2,2-3H3. The molecule has 3 rings (SSSR count). The van der Waals surface area contributed by atoms with E-state index < -0.39 is 0 Å². The van der Waals surface area contributed by atoms with Crippen LogP contribution in [0.5, 0.6) is 0 Å². The van der Waals surface area contributed by atoms with E-state index in [0.29, 0.717) is 13.2 Å². The third kappa shape index (κ3) is 3.94. The highest BCUT2D eigenvalue weighted by Gasteiger charge is 2.18. The topological polar surface area (TPSA) is 46.3 Å². The summed E-state index contributed by atoms with van der Waals surface area (Å²) in [5.41, 5.74) is 1.92. The van der Waals surface area contributed by atoms with E-state index in [2.05, 4.69) is 21.5 Å². The number of ketones is 1. The summed E-state index contributed by atoms with van der Waals surface area (Å²) in [5.74, 6) is 1.02. The lowest BCUT2D eigenvalue weighted by Crippen LogP contribution is -2.47. The summed E-state index contributed by atoms with van der Waals surface area (Å²) < 4.78 is 4.63. The number of nitrogens with zero attached hydrogens (tertiary/aromatic N) is 5. The highest BCUT2D eigenvalue weighted by molar-refractivity contribution is 7.71. The van der Waals surface area contributed by atoms with Crippen molar-refractivity contribution in [1.82, 2.24) is 19.2 Å². The Labute approximate surface area is 159 Å². The van der Waals surface area contributed by atoms with Crippen molar-refractivity contribution in [3.63, 3.8) is 0 Å². The van der Waals surface area contributed by atoms with Gasteiger partial charge in [-0.3, -0.25) is 9.69 Å². The number of hydrogen-bond donors (Lipinski definition) is 0. The van der Waals surface area contributed by atoms with Crippen LogP contribution < -0.4 is 4.90 Å². The molecule has 0 atom stereocenters. The average molecular weight is 372 g/mol. The van der Waals surface area contributed by atoms with Gasteiger partial charge >= 0.3 is 0 Å². The molecule has 0 amide bonds. The van der Waals surface area contributed by atoms with Crippen molar-refractivity contribution in [2.75, 3.05) is 31.1 Å². The van der Waals surface area contributed by atoms with E-state index in [4.69, 9.17) is 12.2 Å². The molecule has 7 heteroatoms. The molecule has 1 fully saturated rings. The molecule has 0 spiro atoms. The first-order valence-corrected chi connectivity index (χ1v) is 9.24. The normalized spacial score (nSPS) is 15.2. The molecule has 1 aliphatic rings. The third-order valence-corrected chi connectivity index (χ3v) is 5.20. The molecule has 0 bridgehead atoms. The van der Waals surface area contributed by atoms with Gasteiger partial charge in [-0.15, -0.1) is 6.58 Å². The fraction of sp³-hybridized carbons (Fsp3) is 0.421. The second-order valence-corrected chi connectivity index (χ2v) is 6.94. The molecule has 2 aromatic rings. The molecule has 0 radical (unpaired) electrons. The Morgan fingerprint density at radius 2 is 1.88 bits per heavy atom. The summed E-state index contributed by atoms with van der Waals surface area (Å²) in [6, 6.07) is 7.86. The van der Waals surface area contributed by atoms with E-state index in [1.165, 1.54) is 0 Å². The molecule has 1 aromatic heterocycles. The van der Waals surface area contributed by atoms with Gasteiger partial charge in [-0.05, 0) is 50.3 Å². The predicted octanol–water partition coefficient (Wildman–Crippen LogP) is 2.89. The number of carbonyl (C=O) groups excluding carboxylic acids is 1. The van der Waals surface area contributed by atoms with Gasteiger partial charge in [0.15, 0.2) is 10.6 Å². The molecule has 0 aliphatic carbocycles. The zero-order chi connectivity index (χ0) is 18.7. The number of benzene rings is 1. The quantitative estimate of drug-likeness (QED) is 0.444. The van der Waals surface area contributed by atoms with Gasteiger partial charge in [-0.2, -0.15) is 5.10 Å². The summed E-state index contributed by atoms with van der Waals surface area (Å²) in [4.78, 5) is 16.1. The number of aromatic nitrogens is 3. The molecular formula is C19H25N5OS. The molecule has 1 saturated heterocycles. The SMILES string of the molecule is C=CCn1c(C)nn(CN2CCN(c3ccc(C(C)=O)cc3)CC2)c1=S. The van der Waals surface area contributed by atoms with Crippen LogP contribution >= 0.6 is 12.2 Å². The lowest BCUT2D eigenvalue weighted by molar-refractivity contribution is 0.101. The first-order valence-electron chi connectivity index (χ1n) is 8.83. The van der Waals surface area contributed by atoms with Gasteiger partial charge in [-0.25, -0.2) is 4.68 Å². The highest BCUT2D eigenvalue weighted by atomic mass is 32.1. The van der Waals surface area contributed by atoms with Crippen LogP contribution in [-0.2, 0) is 13.2 Å². The Kier molecular flexibility index (Phi) is 5.68. The van der Waals surface area contributed by atoms with Crippen LogP contribution in [0.15, 0.2) is 36.9 Å². The average Bonchev–Trinajstić information content (AvgIpc) is 2.90. The monoisotopic (exact) mass is 371 g/mol. The van der Waals surface area contributed by atoms with Gasteiger partial charge in [0.2, 0.25) is 0 Å². The van der Waals surface area contributed by atoms with Crippen molar-refractivity contribution >= 4 is 23.7 Å². The second kappa shape index (κ2) is 7.97. The molecule has 1 aromatic carbocycles. The zero-order valence-electron chi connectivity index (χ0n) is 15.4. The molecule has 1 aliphatic heterocycles. The first-order chi connectivity index (χ1) is 12.5. The lowest BCUT2D eigenvalue weighted by Gasteiger charge is -2.35. The van der Waals surface area contributed by atoms with Crippen molar-refractivity contribution < 1.29 is 4.79 Å². The second-order valence-electron chi connectivity index (χ2n) is 6.58. The van der Waals surface area contributed by atoms with Crippen LogP contribution in [0, 0.1) is 11.7 Å². The van der Waals surface area contributed by atoms with Gasteiger partial charge in [0.1, 0.15) is 5.82 Å². The van der Waals surface area contributed by atoms with E-state index >= 15 is 0 Å². The Bertz CT molecular complexity index is 844. The fourth-order valence-electron chi connectivity index (χ4n) is 3.22. The van der Waals surface area contributed by atoms with Crippen LogP contribution in [0.4, 0.5) is 5.69 Å². The maximum absolute atomic E-state index is 11.4. The summed E-state index contributed by atoms with van der Waals surface area (Å²) in [5, 5.41) is 4.57. The maximum Gasteiger partial charge on any atom is 0.199 e. The summed E-state index contributed by atoms with van der Waals surface area (Å²) in [6.07, 6.45) is 1.84. The fourth-order valence-corrected chi connectivity index (χ4v) is 3.53. The maximum atomic E-state index is 11.4. The van der Waals surface area contributed by atoms with Crippen LogP contribution in [0.3, 0.4) is 0 Å². The van der Waals surface area contributed by atoms with Crippen molar-refractivity contribution in [1.29, 1.82) is 0 Å². The Morgan fingerprint density at radius 3 is 2.46 bits per heavy atom. The van der Waals surface area contributed by atoms with Crippen LogP contribution in [0.2, 0.25) is 0 Å².